The Kier molecular flexibility index (Phi) is 3.03. The molecule has 19 heavy (non-hydrogen) atoms. The van der Waals surface area contributed by atoms with Crippen molar-refractivity contribution in [2.75, 3.05) is 0 Å². The molecule has 0 aliphatic rings. The second kappa shape index (κ2) is 4.58. The number of aromatic nitrogens is 2. The van der Waals surface area contributed by atoms with E-state index in [4.69, 9.17) is 11.6 Å². The Morgan fingerprint density at radius 2 is 1.89 bits per heavy atom. The Bertz CT molecular complexity index is 777. The Morgan fingerprint density at radius 3 is 2.63 bits per heavy atom. The van der Waals surface area contributed by atoms with Crippen molar-refractivity contribution >= 4 is 33.2 Å². The fourth-order valence-corrected chi connectivity index (χ4v) is 3.66. The SMILES string of the molecule is Cc1ccc(-c2c(C)sc3c(Cl)ncnc23)c(C)c1. The van der Waals surface area contributed by atoms with Gasteiger partial charge in [0.05, 0.1) is 10.2 Å². The second-order valence-electron chi connectivity index (χ2n) is 4.69. The Balaban J connectivity index is 2.36. The second-order valence-corrected chi connectivity index (χ2v) is 6.28. The summed E-state index contributed by atoms with van der Waals surface area (Å²) in [5, 5.41) is 0.536. The van der Waals surface area contributed by atoms with Crippen LogP contribution in [0, 0.1) is 20.8 Å². The highest BCUT2D eigenvalue weighted by molar-refractivity contribution is 7.20. The maximum absolute atomic E-state index is 6.15. The van der Waals surface area contributed by atoms with Gasteiger partial charge in [0.1, 0.15) is 11.5 Å². The lowest BCUT2D eigenvalue weighted by molar-refractivity contribution is 1.23. The maximum atomic E-state index is 6.15. The minimum Gasteiger partial charge on any atom is -0.235 e. The molecule has 0 saturated carbocycles. The number of fused-ring (bicyclic) bond motifs is 1. The molecular weight excluding hydrogens is 276 g/mol. The molecule has 2 heterocycles. The Morgan fingerprint density at radius 1 is 1.11 bits per heavy atom. The molecule has 3 aromatic rings. The Hall–Kier alpha value is -1.45. The van der Waals surface area contributed by atoms with Gasteiger partial charge in [-0.15, -0.1) is 11.3 Å². The molecule has 0 aliphatic carbocycles. The quantitative estimate of drug-likeness (QED) is 0.593. The number of aryl methyl sites for hydroxylation is 3. The molecule has 0 bridgehead atoms. The van der Waals surface area contributed by atoms with Crippen molar-refractivity contribution in [3.8, 4) is 11.1 Å². The summed E-state index contributed by atoms with van der Waals surface area (Å²) in [6.45, 7) is 6.35. The van der Waals surface area contributed by atoms with E-state index in [0.717, 1.165) is 10.2 Å². The topological polar surface area (TPSA) is 25.8 Å². The molecule has 0 saturated heterocycles. The van der Waals surface area contributed by atoms with Crippen molar-refractivity contribution in [3.63, 3.8) is 0 Å². The standard InChI is InChI=1S/C15H13ClN2S/c1-8-4-5-11(9(2)6-8)12-10(3)19-14-13(12)17-7-18-15(14)16/h4-7H,1-3H3. The number of benzene rings is 1. The van der Waals surface area contributed by atoms with Crippen molar-refractivity contribution in [2.24, 2.45) is 0 Å². The summed E-state index contributed by atoms with van der Waals surface area (Å²) in [7, 11) is 0. The Labute approximate surface area is 121 Å². The van der Waals surface area contributed by atoms with Crippen LogP contribution in [0.15, 0.2) is 24.5 Å². The van der Waals surface area contributed by atoms with Gasteiger partial charge < -0.3 is 0 Å². The molecule has 96 valence electrons. The summed E-state index contributed by atoms with van der Waals surface area (Å²) >= 11 is 7.81. The van der Waals surface area contributed by atoms with Crippen LogP contribution in [-0.2, 0) is 0 Å². The van der Waals surface area contributed by atoms with Gasteiger partial charge in [0.2, 0.25) is 0 Å². The first-order chi connectivity index (χ1) is 9.08. The van der Waals surface area contributed by atoms with Crippen molar-refractivity contribution in [1.82, 2.24) is 9.97 Å². The van der Waals surface area contributed by atoms with Crippen molar-refractivity contribution < 1.29 is 0 Å². The van der Waals surface area contributed by atoms with Crippen LogP contribution in [0.5, 0.6) is 0 Å². The van der Waals surface area contributed by atoms with Gasteiger partial charge in [-0.05, 0) is 31.9 Å². The van der Waals surface area contributed by atoms with Crippen LogP contribution in [0.1, 0.15) is 16.0 Å². The molecule has 0 amide bonds. The van der Waals surface area contributed by atoms with Gasteiger partial charge in [0.15, 0.2) is 0 Å². The zero-order valence-electron chi connectivity index (χ0n) is 11.0. The molecule has 4 heteroatoms. The molecule has 1 aromatic carbocycles. The van der Waals surface area contributed by atoms with Crippen LogP contribution in [0.3, 0.4) is 0 Å². The number of nitrogens with zero attached hydrogens (tertiary/aromatic N) is 2. The monoisotopic (exact) mass is 288 g/mol. The summed E-state index contributed by atoms with van der Waals surface area (Å²) in [4.78, 5) is 9.70. The highest BCUT2D eigenvalue weighted by Crippen LogP contribution is 2.40. The molecule has 0 spiro atoms. The van der Waals surface area contributed by atoms with E-state index in [-0.39, 0.29) is 0 Å². The van der Waals surface area contributed by atoms with Crippen LogP contribution >= 0.6 is 22.9 Å². The number of rotatable bonds is 1. The lowest BCUT2D eigenvalue weighted by atomic mass is 9.98. The van der Waals surface area contributed by atoms with Crippen molar-refractivity contribution in [2.45, 2.75) is 20.8 Å². The minimum absolute atomic E-state index is 0.536. The van der Waals surface area contributed by atoms with Gasteiger partial charge in [-0.2, -0.15) is 0 Å². The summed E-state index contributed by atoms with van der Waals surface area (Å²) in [6.07, 6.45) is 1.53. The molecule has 0 unspecified atom stereocenters. The molecule has 0 fully saturated rings. The molecule has 0 N–H and O–H groups in total. The molecular formula is C15H13ClN2S. The van der Waals surface area contributed by atoms with Crippen LogP contribution in [0.4, 0.5) is 0 Å². The first-order valence-corrected chi connectivity index (χ1v) is 7.24. The van der Waals surface area contributed by atoms with Gasteiger partial charge in [0, 0.05) is 10.4 Å². The summed E-state index contributed by atoms with van der Waals surface area (Å²) in [5.41, 5.74) is 5.89. The molecule has 2 nitrogen and oxygen atoms in total. The number of hydrogen-bond acceptors (Lipinski definition) is 3. The van der Waals surface area contributed by atoms with Crippen LogP contribution in [-0.4, -0.2) is 9.97 Å². The fraction of sp³-hybridized carbons (Fsp3) is 0.200. The predicted octanol–water partition coefficient (Wildman–Crippen LogP) is 4.94. The average molecular weight is 289 g/mol. The number of halogens is 1. The lowest BCUT2D eigenvalue weighted by Gasteiger charge is -2.07. The highest BCUT2D eigenvalue weighted by Gasteiger charge is 2.16. The van der Waals surface area contributed by atoms with E-state index in [0.29, 0.717) is 5.15 Å². The smallest absolute Gasteiger partial charge is 0.150 e. The molecule has 3 rings (SSSR count). The zero-order valence-corrected chi connectivity index (χ0v) is 12.6. The first-order valence-electron chi connectivity index (χ1n) is 6.05. The van der Waals surface area contributed by atoms with Gasteiger partial charge in [-0.25, -0.2) is 9.97 Å². The van der Waals surface area contributed by atoms with Gasteiger partial charge in [-0.1, -0.05) is 35.4 Å². The van der Waals surface area contributed by atoms with E-state index < -0.39 is 0 Å². The van der Waals surface area contributed by atoms with Crippen LogP contribution in [0.25, 0.3) is 21.3 Å². The average Bonchev–Trinajstić information content (AvgIpc) is 2.68. The third kappa shape index (κ3) is 2.03. The van der Waals surface area contributed by atoms with E-state index in [2.05, 4.69) is 48.9 Å². The predicted molar refractivity (Wildman–Crippen MR) is 82.1 cm³/mol. The van der Waals surface area contributed by atoms with Crippen molar-refractivity contribution in [1.29, 1.82) is 0 Å². The molecule has 0 aliphatic heterocycles. The van der Waals surface area contributed by atoms with Gasteiger partial charge in [-0.3, -0.25) is 0 Å². The maximum Gasteiger partial charge on any atom is 0.150 e. The first kappa shape index (κ1) is 12.6. The normalized spacial score (nSPS) is 11.2. The summed E-state index contributed by atoms with van der Waals surface area (Å²) < 4.78 is 0.969. The minimum atomic E-state index is 0.536. The van der Waals surface area contributed by atoms with E-state index in [1.807, 2.05) is 0 Å². The fourth-order valence-electron chi connectivity index (χ4n) is 2.40. The zero-order chi connectivity index (χ0) is 13.6. The van der Waals surface area contributed by atoms with E-state index >= 15 is 0 Å². The molecule has 0 radical (unpaired) electrons. The lowest BCUT2D eigenvalue weighted by Crippen LogP contribution is -1.87. The summed E-state index contributed by atoms with van der Waals surface area (Å²) in [5.74, 6) is 0. The van der Waals surface area contributed by atoms with E-state index in [9.17, 15) is 0 Å². The summed E-state index contributed by atoms with van der Waals surface area (Å²) in [6, 6.07) is 6.49. The third-order valence-electron chi connectivity index (χ3n) is 3.26. The molecule has 0 atom stereocenters. The van der Waals surface area contributed by atoms with E-state index in [1.165, 1.54) is 33.5 Å². The van der Waals surface area contributed by atoms with Gasteiger partial charge in [0.25, 0.3) is 0 Å². The highest BCUT2D eigenvalue weighted by atomic mass is 35.5. The van der Waals surface area contributed by atoms with Gasteiger partial charge >= 0.3 is 0 Å². The largest absolute Gasteiger partial charge is 0.235 e. The van der Waals surface area contributed by atoms with E-state index in [1.54, 1.807) is 11.3 Å². The van der Waals surface area contributed by atoms with Crippen molar-refractivity contribution in [3.05, 3.63) is 45.7 Å². The van der Waals surface area contributed by atoms with Crippen LogP contribution in [0.2, 0.25) is 5.15 Å². The van der Waals surface area contributed by atoms with Crippen LogP contribution < -0.4 is 0 Å². The number of thiophene rings is 1. The number of hydrogen-bond donors (Lipinski definition) is 0. The molecule has 2 aromatic heterocycles. The third-order valence-corrected chi connectivity index (χ3v) is 4.76.